The zero-order valence-corrected chi connectivity index (χ0v) is 74.1. The number of amides is 11. The number of pyridine rings is 4. The number of ketones is 1. The summed E-state index contributed by atoms with van der Waals surface area (Å²) in [5.74, 6) is -1.97. The lowest BCUT2D eigenvalue weighted by atomic mass is 9.80. The topological polar surface area (TPSA) is 374 Å². The Morgan fingerprint density at radius 1 is 0.384 bits per heavy atom. The van der Waals surface area contributed by atoms with E-state index in [1.165, 1.54) is 37.1 Å². The molecule has 0 bridgehead atoms. The normalized spacial score (nSPS) is 23.9. The first kappa shape index (κ1) is 92.0. The Balaban J connectivity index is 0.000000146. The fourth-order valence-electron chi connectivity index (χ4n) is 17.6. The summed E-state index contributed by atoms with van der Waals surface area (Å²) in [6.45, 7) is 27.8. The number of nitrogens with zero attached hydrogens (tertiary/aromatic N) is 7. The van der Waals surface area contributed by atoms with Crippen LogP contribution >= 0.6 is 0 Å². The van der Waals surface area contributed by atoms with Crippen LogP contribution in [0.25, 0.3) is 0 Å². The number of piperidine rings is 6. The SMILES string of the molecule is CC(=O)C(=O)Nc1cnc(C)c(C)c1.C[C@H]1CC[C@H](c2ccc3c(c2)CCC(=O)N3)NC1.Cc1cc(NC(=O)C(=O)N2C[C@@H](C)CC[C@@H]2C2=CC3CCC(=O)NC3C=C2)cnc1C.Cc1cc(NC(=O)C(=O)N2C[C@@H](C)CC[C@@H]2c2ccc3c(c2)CCC(=O)N3)cnc1C.Cc1cc(NC(=O)C(=O)N2C[C@H](C)CC[C@H]2C2=CC3CCC(=O)NC3C=C2)cnc1C. The molecule has 28 nitrogen and oxygen atoms in total. The van der Waals surface area contributed by atoms with Crippen molar-refractivity contribution in [2.45, 2.75) is 229 Å². The van der Waals surface area contributed by atoms with Gasteiger partial charge in [0.25, 0.3) is 5.91 Å². The van der Waals surface area contributed by atoms with Crippen molar-refractivity contribution in [2.75, 3.05) is 58.1 Å². The van der Waals surface area contributed by atoms with E-state index in [9.17, 15) is 57.5 Å². The largest absolute Gasteiger partial charge is 0.349 e. The van der Waals surface area contributed by atoms with Crippen LogP contribution in [-0.4, -0.2) is 156 Å². The maximum atomic E-state index is 13.2. The van der Waals surface area contributed by atoms with Gasteiger partial charge in [0, 0.05) is 104 Å². The van der Waals surface area contributed by atoms with Crippen LogP contribution in [0.2, 0.25) is 0 Å². The molecule has 125 heavy (non-hydrogen) atoms. The van der Waals surface area contributed by atoms with Crippen molar-refractivity contribution in [3.8, 4) is 0 Å². The molecule has 12 heterocycles. The second-order valence-corrected chi connectivity index (χ2v) is 35.6. The Kier molecular flexibility index (Phi) is 30.6. The first-order valence-electron chi connectivity index (χ1n) is 44.1. The van der Waals surface area contributed by atoms with Gasteiger partial charge in [-0.15, -0.1) is 0 Å². The first-order valence-corrected chi connectivity index (χ1v) is 44.1. The van der Waals surface area contributed by atoms with Gasteiger partial charge in [-0.1, -0.05) is 88.4 Å². The molecule has 6 fully saturated rings. The van der Waals surface area contributed by atoms with Crippen LogP contribution in [0, 0.1) is 90.9 Å². The standard InChI is InChI=1S/2C24H30N4O3.C24H28N4O3.C15H20N2O.C10H12N2O2/c3*1-14-4-8-21(18-5-7-20-17(11-18)6-9-22(29)27-20)28(13-14)24(31)23(30)26-19-10-15(2)16(3)25-12-19;1-10-2-5-13(16-9-10)11-3-6-14-12(8-11)4-7-15(18)17-14;1-6-4-9(5-11-7(6)2)12-10(14)8(3)13/h2*5,7,10-12,14,17,20-21H,4,6,8-9,13H2,1-3H3,(H,26,30)(H,27,29);5,7,10-12,14,21H,4,6,8-9,13H2,1-3H3,(H,26,30)(H,27,29);3,6,8,10,13,16H,2,4-5,7,9H2,1H3,(H,17,18);4-5H,1-3H3,(H,12,14)/t2*14-,17?,20?,21+;14-,21+;10-,13+;/m1000./s1. The fourth-order valence-corrected chi connectivity index (χ4v) is 17.6. The molecule has 2 aliphatic carbocycles. The van der Waals surface area contributed by atoms with E-state index in [0.29, 0.717) is 98.3 Å². The summed E-state index contributed by atoms with van der Waals surface area (Å²) in [5.41, 5.74) is 18.3. The van der Waals surface area contributed by atoms with E-state index in [0.717, 1.165) is 149 Å². The number of benzene rings is 2. The lowest BCUT2D eigenvalue weighted by Gasteiger charge is -2.41. The number of nitrogens with one attached hydrogen (secondary N) is 9. The highest BCUT2D eigenvalue weighted by Gasteiger charge is 2.41. The van der Waals surface area contributed by atoms with Crippen LogP contribution in [-0.2, 0) is 70.4 Å². The average molecular weight is 1700 g/mol. The molecule has 9 N–H and O–H groups in total. The molecule has 660 valence electrons. The lowest BCUT2D eigenvalue weighted by molar-refractivity contribution is -0.146. The number of likely N-dealkylation sites (tertiary alicyclic amines) is 3. The van der Waals surface area contributed by atoms with E-state index in [1.807, 2.05) is 110 Å². The number of carbonyl (C=O) groups is 12. The fraction of sp³-hybridized carbons (Fsp3) is 0.464. The number of aromatic nitrogens is 4. The molecule has 6 aromatic rings. The van der Waals surface area contributed by atoms with Crippen molar-refractivity contribution in [1.82, 2.24) is 50.6 Å². The maximum Gasteiger partial charge on any atom is 0.313 e. The molecule has 28 heteroatoms. The van der Waals surface area contributed by atoms with Gasteiger partial charge in [-0.25, -0.2) is 0 Å². The van der Waals surface area contributed by atoms with Crippen LogP contribution in [0.5, 0.6) is 0 Å². The number of aryl methyl sites for hydroxylation is 10. The Morgan fingerprint density at radius 2 is 0.736 bits per heavy atom. The van der Waals surface area contributed by atoms with Gasteiger partial charge in [0.2, 0.25) is 29.4 Å². The Hall–Kier alpha value is -12.2. The third-order valence-corrected chi connectivity index (χ3v) is 25.6. The molecular formula is C97H120N16O12. The minimum atomic E-state index is -0.644. The third kappa shape index (κ3) is 24.0. The molecule has 4 aromatic heterocycles. The van der Waals surface area contributed by atoms with E-state index >= 15 is 0 Å². The summed E-state index contributed by atoms with van der Waals surface area (Å²) in [6, 6.07) is 19.8. The van der Waals surface area contributed by atoms with E-state index in [-0.39, 0.29) is 65.7 Å². The highest BCUT2D eigenvalue weighted by molar-refractivity contribution is 6.41. The van der Waals surface area contributed by atoms with Crippen molar-refractivity contribution in [3.63, 3.8) is 0 Å². The summed E-state index contributed by atoms with van der Waals surface area (Å²) in [7, 11) is 0. The van der Waals surface area contributed by atoms with Crippen molar-refractivity contribution in [3.05, 3.63) is 200 Å². The van der Waals surface area contributed by atoms with E-state index in [2.05, 4.69) is 132 Å². The minimum Gasteiger partial charge on any atom is -0.349 e. The monoisotopic (exact) mass is 1700 g/mol. The molecule has 16 rings (SSSR count). The summed E-state index contributed by atoms with van der Waals surface area (Å²) < 4.78 is 0. The Labute approximate surface area is 732 Å². The van der Waals surface area contributed by atoms with Gasteiger partial charge in [0.15, 0.2) is 0 Å². The zero-order chi connectivity index (χ0) is 89.6. The summed E-state index contributed by atoms with van der Waals surface area (Å²) in [4.78, 5) is 168. The quantitative estimate of drug-likeness (QED) is 0.0607. The third-order valence-electron chi connectivity index (χ3n) is 25.6. The highest BCUT2D eigenvalue weighted by Crippen LogP contribution is 2.40. The van der Waals surface area contributed by atoms with Gasteiger partial charge >= 0.3 is 35.4 Å². The van der Waals surface area contributed by atoms with Crippen molar-refractivity contribution < 1.29 is 57.5 Å². The van der Waals surface area contributed by atoms with Gasteiger partial charge in [0.05, 0.1) is 77.7 Å². The average Bonchev–Trinajstić information content (AvgIpc) is 0.798. The number of anilines is 6. The molecule has 12 atom stereocenters. The van der Waals surface area contributed by atoms with Crippen LogP contribution in [0.3, 0.4) is 0 Å². The van der Waals surface area contributed by atoms with E-state index in [1.54, 1.807) is 39.4 Å². The van der Waals surface area contributed by atoms with Crippen LogP contribution in [0.15, 0.2) is 133 Å². The molecule has 0 spiro atoms. The predicted molar refractivity (Wildman–Crippen MR) is 480 cm³/mol. The molecule has 8 aliphatic heterocycles. The van der Waals surface area contributed by atoms with Crippen LogP contribution < -0.4 is 47.9 Å². The van der Waals surface area contributed by atoms with Gasteiger partial charge in [-0.2, -0.15) is 0 Å². The van der Waals surface area contributed by atoms with Crippen LogP contribution in [0.1, 0.15) is 204 Å². The van der Waals surface area contributed by atoms with Crippen LogP contribution in [0.4, 0.5) is 34.1 Å². The molecule has 4 unspecified atom stereocenters. The number of hydrogen-bond acceptors (Lipinski definition) is 17. The van der Waals surface area contributed by atoms with E-state index in [4.69, 9.17) is 0 Å². The minimum absolute atomic E-state index is 0.0252. The Bertz CT molecular complexity index is 5120. The molecule has 0 radical (unpaired) electrons. The predicted octanol–water partition coefficient (Wildman–Crippen LogP) is 12.7. The second-order valence-electron chi connectivity index (χ2n) is 35.6. The van der Waals surface area contributed by atoms with Crippen molar-refractivity contribution in [1.29, 1.82) is 0 Å². The van der Waals surface area contributed by atoms with Crippen molar-refractivity contribution in [2.24, 2.45) is 35.5 Å². The smallest absolute Gasteiger partial charge is 0.313 e. The zero-order valence-electron chi connectivity index (χ0n) is 74.1. The lowest BCUT2D eigenvalue weighted by Crippen LogP contribution is -2.52. The van der Waals surface area contributed by atoms with Gasteiger partial charge in [-0.05, 0) is 255 Å². The van der Waals surface area contributed by atoms with Gasteiger partial charge in [-0.3, -0.25) is 77.5 Å². The summed E-state index contributed by atoms with van der Waals surface area (Å²) in [6.07, 6.45) is 32.0. The molecule has 2 aromatic carbocycles. The number of carbonyl (C=O) groups excluding carboxylic acids is 12. The Morgan fingerprint density at radius 3 is 1.10 bits per heavy atom. The highest BCUT2D eigenvalue weighted by atomic mass is 16.2. The van der Waals surface area contributed by atoms with Gasteiger partial charge in [0.1, 0.15) is 0 Å². The first-order chi connectivity index (χ1) is 59.7. The summed E-state index contributed by atoms with van der Waals surface area (Å²) in [5, 5.41) is 26.1. The number of rotatable bonds is 9. The van der Waals surface area contributed by atoms with Crippen molar-refractivity contribution >= 4 is 105 Å². The molecule has 0 saturated carbocycles. The second kappa shape index (κ2) is 41.5. The number of fused-ring (bicyclic) bond motifs is 4. The van der Waals surface area contributed by atoms with E-state index < -0.39 is 47.1 Å². The molecule has 10 aliphatic rings. The molecular weight excluding hydrogens is 1580 g/mol. The summed E-state index contributed by atoms with van der Waals surface area (Å²) >= 11 is 0. The number of Topliss-reactive ketones (excluding diaryl/α,β-unsaturated/α-hetero) is 1. The van der Waals surface area contributed by atoms with Gasteiger partial charge < -0.3 is 62.6 Å². The maximum absolute atomic E-state index is 13.2. The number of hydrogen-bond donors (Lipinski definition) is 9. The molecule has 6 saturated heterocycles. The molecule has 11 amide bonds.